The molecule has 142 valence electrons. The van der Waals surface area contributed by atoms with Gasteiger partial charge in [0.25, 0.3) is 0 Å². The van der Waals surface area contributed by atoms with Crippen LogP contribution in [0.2, 0.25) is 0 Å². The highest BCUT2D eigenvalue weighted by Gasteiger charge is 2.47. The van der Waals surface area contributed by atoms with E-state index in [-0.39, 0.29) is 18.1 Å². The van der Waals surface area contributed by atoms with Gasteiger partial charge in [-0.1, -0.05) is 30.3 Å². The topological polar surface area (TPSA) is 84.6 Å². The summed E-state index contributed by atoms with van der Waals surface area (Å²) < 4.78 is 5.87. The van der Waals surface area contributed by atoms with Crippen LogP contribution in [0.15, 0.2) is 59.3 Å². The van der Waals surface area contributed by atoms with Crippen LogP contribution in [0.4, 0.5) is 4.79 Å². The minimum Gasteiger partial charge on any atom is -0.418 e. The Hall–Kier alpha value is -3.26. The molecule has 28 heavy (non-hydrogen) atoms. The minimum atomic E-state index is -0.225. The standard InChI is InChI=1S/C20H19N5O3/c26-20-24-12-16(25(20)27-13-14-4-2-1-3-5-14)6-7-17(24)19-23-22-18(28-19)15-8-10-21-11-9-15/h1-5,8-11,16-17H,6-7,12-13H2/t16-,17+/m1/s1. The second-order valence-electron chi connectivity index (χ2n) is 6.95. The quantitative estimate of drug-likeness (QED) is 0.679. The number of aromatic nitrogens is 3. The minimum absolute atomic E-state index is 0.0510. The van der Waals surface area contributed by atoms with Crippen molar-refractivity contribution in [2.75, 3.05) is 6.54 Å². The first kappa shape index (κ1) is 16.9. The van der Waals surface area contributed by atoms with Gasteiger partial charge in [0.15, 0.2) is 0 Å². The van der Waals surface area contributed by atoms with E-state index in [2.05, 4.69) is 15.2 Å². The van der Waals surface area contributed by atoms with E-state index in [1.165, 1.54) is 5.06 Å². The monoisotopic (exact) mass is 377 g/mol. The van der Waals surface area contributed by atoms with E-state index < -0.39 is 0 Å². The molecular formula is C20H19N5O3. The lowest BCUT2D eigenvalue weighted by Crippen LogP contribution is -2.34. The van der Waals surface area contributed by atoms with E-state index in [4.69, 9.17) is 9.25 Å². The fourth-order valence-electron chi connectivity index (χ4n) is 3.75. The predicted octanol–water partition coefficient (Wildman–Crippen LogP) is 3.20. The molecule has 2 amide bonds. The molecule has 0 N–H and O–H groups in total. The third-order valence-electron chi connectivity index (χ3n) is 5.19. The van der Waals surface area contributed by atoms with Crippen LogP contribution < -0.4 is 0 Å². The molecule has 0 radical (unpaired) electrons. The molecule has 2 aliphatic heterocycles. The molecule has 2 bridgehead atoms. The van der Waals surface area contributed by atoms with Crippen molar-refractivity contribution in [2.24, 2.45) is 0 Å². The zero-order valence-electron chi connectivity index (χ0n) is 15.1. The van der Waals surface area contributed by atoms with Gasteiger partial charge in [-0.25, -0.2) is 4.79 Å². The van der Waals surface area contributed by atoms with Crippen molar-refractivity contribution >= 4 is 6.03 Å². The van der Waals surface area contributed by atoms with E-state index in [0.29, 0.717) is 24.9 Å². The highest BCUT2D eigenvalue weighted by molar-refractivity contribution is 5.77. The third kappa shape index (κ3) is 3.01. The first-order valence-electron chi connectivity index (χ1n) is 9.30. The van der Waals surface area contributed by atoms with Gasteiger partial charge < -0.3 is 9.32 Å². The van der Waals surface area contributed by atoms with Crippen molar-refractivity contribution in [3.05, 3.63) is 66.3 Å². The van der Waals surface area contributed by atoms with Gasteiger partial charge in [0.1, 0.15) is 12.6 Å². The number of amides is 2. The van der Waals surface area contributed by atoms with Crippen LogP contribution in [-0.2, 0) is 11.4 Å². The Bertz CT molecular complexity index is 962. The highest BCUT2D eigenvalue weighted by Crippen LogP contribution is 2.38. The van der Waals surface area contributed by atoms with Crippen molar-refractivity contribution in [2.45, 2.75) is 31.5 Å². The second-order valence-corrected chi connectivity index (χ2v) is 6.95. The van der Waals surface area contributed by atoms with Gasteiger partial charge in [-0.05, 0) is 30.5 Å². The molecule has 2 atom stereocenters. The summed E-state index contributed by atoms with van der Waals surface area (Å²) in [7, 11) is 0. The Morgan fingerprint density at radius 2 is 1.89 bits per heavy atom. The molecule has 8 heteroatoms. The van der Waals surface area contributed by atoms with Crippen molar-refractivity contribution < 1.29 is 14.0 Å². The molecule has 2 aromatic heterocycles. The molecular weight excluding hydrogens is 358 g/mol. The van der Waals surface area contributed by atoms with Crippen LogP contribution in [0.1, 0.15) is 30.3 Å². The second kappa shape index (κ2) is 7.05. The normalized spacial score (nSPS) is 21.4. The van der Waals surface area contributed by atoms with Crippen molar-refractivity contribution in [3.8, 4) is 11.5 Å². The Balaban J connectivity index is 1.31. The van der Waals surface area contributed by atoms with Crippen LogP contribution in [0.3, 0.4) is 0 Å². The summed E-state index contributed by atoms with van der Waals surface area (Å²) in [6, 6.07) is 13.1. The highest BCUT2D eigenvalue weighted by atomic mass is 16.7. The fourth-order valence-corrected chi connectivity index (χ4v) is 3.75. The molecule has 2 fully saturated rings. The Morgan fingerprint density at radius 3 is 2.71 bits per heavy atom. The largest absolute Gasteiger partial charge is 0.418 e. The zero-order valence-corrected chi connectivity index (χ0v) is 15.1. The Morgan fingerprint density at radius 1 is 1.07 bits per heavy atom. The molecule has 0 saturated carbocycles. The Kier molecular flexibility index (Phi) is 4.25. The van der Waals surface area contributed by atoms with Crippen LogP contribution in [0.25, 0.3) is 11.5 Å². The number of pyridine rings is 1. The van der Waals surface area contributed by atoms with Crippen LogP contribution in [0, 0.1) is 0 Å². The van der Waals surface area contributed by atoms with Gasteiger partial charge in [0, 0.05) is 24.5 Å². The number of fused-ring (bicyclic) bond motifs is 2. The first-order valence-corrected chi connectivity index (χ1v) is 9.30. The molecule has 8 nitrogen and oxygen atoms in total. The van der Waals surface area contributed by atoms with Gasteiger partial charge in [0.05, 0.1) is 6.04 Å². The average Bonchev–Trinajstić information content (AvgIpc) is 3.33. The van der Waals surface area contributed by atoms with Gasteiger partial charge in [-0.2, -0.15) is 5.06 Å². The zero-order chi connectivity index (χ0) is 18.9. The predicted molar refractivity (Wildman–Crippen MR) is 98.5 cm³/mol. The maximum atomic E-state index is 12.9. The number of hydroxylamine groups is 2. The van der Waals surface area contributed by atoms with E-state index in [0.717, 1.165) is 24.0 Å². The number of carbonyl (C=O) groups is 1. The van der Waals surface area contributed by atoms with Gasteiger partial charge in [0.2, 0.25) is 11.8 Å². The number of benzene rings is 1. The smallest absolute Gasteiger partial charge is 0.345 e. The molecule has 4 heterocycles. The van der Waals surface area contributed by atoms with Crippen LogP contribution in [0.5, 0.6) is 0 Å². The summed E-state index contributed by atoms with van der Waals surface area (Å²) in [4.78, 5) is 24.5. The summed E-state index contributed by atoms with van der Waals surface area (Å²) in [5.74, 6) is 0.895. The lowest BCUT2D eigenvalue weighted by atomic mass is 10.0. The summed E-state index contributed by atoms with van der Waals surface area (Å²) in [5, 5.41) is 9.84. The number of nitrogens with zero attached hydrogens (tertiary/aromatic N) is 5. The molecule has 5 rings (SSSR count). The number of carbonyl (C=O) groups excluding carboxylic acids is 1. The molecule has 3 aromatic rings. The van der Waals surface area contributed by atoms with Crippen LogP contribution in [-0.4, -0.2) is 43.8 Å². The average molecular weight is 377 g/mol. The van der Waals surface area contributed by atoms with E-state index in [1.807, 2.05) is 42.5 Å². The van der Waals surface area contributed by atoms with Crippen molar-refractivity contribution in [1.29, 1.82) is 0 Å². The molecule has 0 unspecified atom stereocenters. The summed E-state index contributed by atoms with van der Waals surface area (Å²) in [6.07, 6.45) is 4.95. The van der Waals surface area contributed by atoms with E-state index in [1.54, 1.807) is 17.3 Å². The Labute approximate surface area is 161 Å². The number of hydrogen-bond donors (Lipinski definition) is 0. The number of urea groups is 1. The summed E-state index contributed by atoms with van der Waals surface area (Å²) >= 11 is 0. The van der Waals surface area contributed by atoms with Gasteiger partial charge in [-0.3, -0.25) is 9.82 Å². The number of rotatable bonds is 5. The van der Waals surface area contributed by atoms with Crippen molar-refractivity contribution in [1.82, 2.24) is 25.1 Å². The van der Waals surface area contributed by atoms with Crippen molar-refractivity contribution in [3.63, 3.8) is 0 Å². The molecule has 2 aliphatic rings. The van der Waals surface area contributed by atoms with Gasteiger partial charge >= 0.3 is 6.03 Å². The molecule has 1 aromatic carbocycles. The van der Waals surface area contributed by atoms with E-state index >= 15 is 0 Å². The lowest BCUT2D eigenvalue weighted by molar-refractivity contribution is -0.140. The maximum absolute atomic E-state index is 12.9. The van der Waals surface area contributed by atoms with Crippen LogP contribution >= 0.6 is 0 Å². The summed E-state index contributed by atoms with van der Waals surface area (Å²) in [5.41, 5.74) is 1.84. The third-order valence-corrected chi connectivity index (χ3v) is 5.19. The first-order chi connectivity index (χ1) is 13.8. The summed E-state index contributed by atoms with van der Waals surface area (Å²) in [6.45, 7) is 0.972. The van der Waals surface area contributed by atoms with E-state index in [9.17, 15) is 4.79 Å². The number of piperidine rings is 1. The lowest BCUT2D eigenvalue weighted by Gasteiger charge is -2.27. The maximum Gasteiger partial charge on any atom is 0.345 e. The number of hydrogen-bond acceptors (Lipinski definition) is 6. The molecule has 0 spiro atoms. The molecule has 2 saturated heterocycles. The SMILES string of the molecule is O=C1N2C[C@@H](CC[C@H]2c2nnc(-c3ccncc3)o2)N1OCc1ccccc1. The molecule has 0 aliphatic carbocycles. The fraction of sp³-hybridized carbons (Fsp3) is 0.300. The van der Waals surface area contributed by atoms with Gasteiger partial charge in [-0.15, -0.1) is 10.2 Å².